The van der Waals surface area contributed by atoms with Gasteiger partial charge < -0.3 is 5.11 Å². The molecule has 2 aromatic carbocycles. The molecule has 0 bridgehead atoms. The lowest BCUT2D eigenvalue weighted by Crippen LogP contribution is -1.92. The van der Waals surface area contributed by atoms with Crippen LogP contribution < -0.4 is 5.43 Å². The summed E-state index contributed by atoms with van der Waals surface area (Å²) < 4.78 is 0. The van der Waals surface area contributed by atoms with Crippen molar-refractivity contribution in [1.82, 2.24) is 4.98 Å². The lowest BCUT2D eigenvalue weighted by atomic mass is 10.0. The van der Waals surface area contributed by atoms with Crippen LogP contribution >= 0.6 is 11.3 Å². The van der Waals surface area contributed by atoms with E-state index in [1.54, 1.807) is 19.2 Å². The predicted octanol–water partition coefficient (Wildman–Crippen LogP) is 3.96. The average molecular weight is 325 g/mol. The van der Waals surface area contributed by atoms with Crippen LogP contribution in [0.2, 0.25) is 0 Å². The van der Waals surface area contributed by atoms with Crippen molar-refractivity contribution in [2.45, 2.75) is 13.8 Å². The highest BCUT2D eigenvalue weighted by Crippen LogP contribution is 2.26. The van der Waals surface area contributed by atoms with E-state index in [-0.39, 0.29) is 11.5 Å². The summed E-state index contributed by atoms with van der Waals surface area (Å²) in [6, 6.07) is 11.3. The van der Waals surface area contributed by atoms with Crippen molar-refractivity contribution in [3.63, 3.8) is 0 Å². The van der Waals surface area contributed by atoms with Gasteiger partial charge in [0, 0.05) is 12.5 Å². The molecule has 0 aliphatic rings. The maximum absolute atomic E-state index is 11.4. The molecule has 0 aliphatic carbocycles. The van der Waals surface area contributed by atoms with E-state index >= 15 is 0 Å². The van der Waals surface area contributed by atoms with Gasteiger partial charge in [-0.15, -0.1) is 0 Å². The molecule has 1 aromatic heterocycles. The van der Waals surface area contributed by atoms with E-state index in [0.29, 0.717) is 21.3 Å². The summed E-state index contributed by atoms with van der Waals surface area (Å²) in [5, 5.41) is 16.7. The molecule has 0 fully saturated rings. The maximum atomic E-state index is 11.4. The normalized spacial score (nSPS) is 11.2. The molecule has 3 rings (SSSR count). The second-order valence-electron chi connectivity index (χ2n) is 5.08. The van der Waals surface area contributed by atoms with Crippen molar-refractivity contribution in [1.29, 1.82) is 0 Å². The van der Waals surface area contributed by atoms with Crippen LogP contribution in [-0.2, 0) is 0 Å². The molecule has 2 N–H and O–H groups in total. The van der Waals surface area contributed by atoms with Crippen molar-refractivity contribution >= 4 is 39.2 Å². The first-order valence-electron chi connectivity index (χ1n) is 7.04. The number of aromatic hydroxyl groups is 1. The molecule has 116 valence electrons. The largest absolute Gasteiger partial charge is 0.507 e. The summed E-state index contributed by atoms with van der Waals surface area (Å²) in [6.07, 6.45) is 1.56. The van der Waals surface area contributed by atoms with Gasteiger partial charge in [0.1, 0.15) is 5.75 Å². The number of hydrogen-bond donors (Lipinski definition) is 2. The molecule has 0 saturated carbocycles. The van der Waals surface area contributed by atoms with Crippen molar-refractivity contribution in [2.24, 2.45) is 5.10 Å². The topological polar surface area (TPSA) is 74.6 Å². The van der Waals surface area contributed by atoms with Crippen LogP contribution in [0.25, 0.3) is 10.8 Å². The Hall–Kier alpha value is -2.73. The first kappa shape index (κ1) is 15.2. The number of thiazole rings is 1. The van der Waals surface area contributed by atoms with Gasteiger partial charge in [0.15, 0.2) is 5.78 Å². The number of carbonyl (C=O) groups excluding carboxylic acids is 1. The second-order valence-corrected chi connectivity index (χ2v) is 6.08. The smallest absolute Gasteiger partial charge is 0.204 e. The van der Waals surface area contributed by atoms with Crippen LogP contribution in [0.15, 0.2) is 41.5 Å². The average Bonchev–Trinajstić information content (AvgIpc) is 2.90. The van der Waals surface area contributed by atoms with Crippen LogP contribution in [-0.4, -0.2) is 22.1 Å². The molecular weight excluding hydrogens is 310 g/mol. The Labute approximate surface area is 137 Å². The van der Waals surface area contributed by atoms with Gasteiger partial charge in [-0.3, -0.25) is 10.2 Å². The van der Waals surface area contributed by atoms with Gasteiger partial charge in [0.05, 0.1) is 16.8 Å². The molecule has 3 aromatic rings. The van der Waals surface area contributed by atoms with E-state index < -0.39 is 0 Å². The summed E-state index contributed by atoms with van der Waals surface area (Å²) in [7, 11) is 0. The number of aromatic nitrogens is 1. The van der Waals surface area contributed by atoms with Gasteiger partial charge in [0.25, 0.3) is 0 Å². The fourth-order valence-corrected chi connectivity index (χ4v) is 3.15. The molecule has 0 aliphatic heterocycles. The van der Waals surface area contributed by atoms with Gasteiger partial charge in [0.2, 0.25) is 5.13 Å². The third-order valence-electron chi connectivity index (χ3n) is 3.42. The fraction of sp³-hybridized carbons (Fsp3) is 0.118. The summed E-state index contributed by atoms with van der Waals surface area (Å²) in [6.45, 7) is 3.31. The van der Waals surface area contributed by atoms with Crippen LogP contribution in [0, 0.1) is 6.92 Å². The number of carbonyl (C=O) groups is 1. The van der Waals surface area contributed by atoms with E-state index in [1.807, 2.05) is 30.3 Å². The van der Waals surface area contributed by atoms with Crippen LogP contribution in [0.1, 0.15) is 27.9 Å². The Balaban J connectivity index is 1.88. The van der Waals surface area contributed by atoms with Crippen molar-refractivity contribution in [3.8, 4) is 5.75 Å². The minimum atomic E-state index is -0.0104. The number of anilines is 1. The molecule has 5 nitrogen and oxygen atoms in total. The van der Waals surface area contributed by atoms with E-state index in [4.69, 9.17) is 0 Å². The van der Waals surface area contributed by atoms with Gasteiger partial charge in [-0.05, 0) is 23.8 Å². The number of hydrazone groups is 1. The standard InChI is InChI=1S/C17H15N3O2S/c1-10-16(11(2)21)23-17(19-10)20-18-9-14-13-6-4-3-5-12(13)7-8-15(14)22/h3-9,22H,1-2H3,(H,19,20)/b18-9-. The number of fused-ring (bicyclic) bond motifs is 1. The Morgan fingerprint density at radius 2 is 2.09 bits per heavy atom. The number of nitrogens with one attached hydrogen (secondary N) is 1. The highest BCUT2D eigenvalue weighted by Gasteiger charge is 2.11. The zero-order chi connectivity index (χ0) is 16.4. The molecule has 23 heavy (non-hydrogen) atoms. The lowest BCUT2D eigenvalue weighted by Gasteiger charge is -2.04. The minimum absolute atomic E-state index is 0.0104. The molecular formula is C17H15N3O2S. The summed E-state index contributed by atoms with van der Waals surface area (Å²) in [5.74, 6) is 0.151. The van der Waals surface area contributed by atoms with E-state index in [2.05, 4.69) is 15.5 Å². The molecule has 1 heterocycles. The number of phenols is 1. The molecule has 0 spiro atoms. The molecule has 6 heteroatoms. The predicted molar refractivity (Wildman–Crippen MR) is 93.7 cm³/mol. The number of rotatable bonds is 4. The van der Waals surface area contributed by atoms with Gasteiger partial charge in [-0.25, -0.2) is 4.98 Å². The van der Waals surface area contributed by atoms with Crippen LogP contribution in [0.3, 0.4) is 0 Å². The minimum Gasteiger partial charge on any atom is -0.507 e. The zero-order valence-corrected chi connectivity index (χ0v) is 13.5. The number of phenolic OH excluding ortho intramolecular Hbond substituents is 1. The number of Topliss-reactive ketones (excluding diaryl/α,β-unsaturated/α-hetero) is 1. The Bertz CT molecular complexity index is 915. The lowest BCUT2D eigenvalue weighted by molar-refractivity contribution is 0.102. The number of aryl methyl sites for hydroxylation is 1. The maximum Gasteiger partial charge on any atom is 0.204 e. The van der Waals surface area contributed by atoms with Gasteiger partial charge in [-0.2, -0.15) is 5.10 Å². The second kappa shape index (κ2) is 6.18. The first-order chi connectivity index (χ1) is 11.1. The van der Waals surface area contributed by atoms with Crippen LogP contribution in [0.4, 0.5) is 5.13 Å². The van der Waals surface area contributed by atoms with Crippen molar-refractivity contribution in [3.05, 3.63) is 52.5 Å². The summed E-state index contributed by atoms with van der Waals surface area (Å²) >= 11 is 1.26. The number of nitrogens with zero attached hydrogens (tertiary/aromatic N) is 2. The zero-order valence-electron chi connectivity index (χ0n) is 12.7. The van der Waals surface area contributed by atoms with E-state index in [9.17, 15) is 9.90 Å². The summed E-state index contributed by atoms with van der Waals surface area (Å²) in [4.78, 5) is 16.3. The fourth-order valence-electron chi connectivity index (χ4n) is 2.34. The Morgan fingerprint density at radius 1 is 1.30 bits per heavy atom. The number of hydrogen-bond acceptors (Lipinski definition) is 6. The summed E-state index contributed by atoms with van der Waals surface area (Å²) in [5.41, 5.74) is 4.14. The molecule has 0 radical (unpaired) electrons. The number of benzene rings is 2. The van der Waals surface area contributed by atoms with Crippen LogP contribution in [0.5, 0.6) is 5.75 Å². The van der Waals surface area contributed by atoms with Gasteiger partial charge >= 0.3 is 0 Å². The molecule has 0 saturated heterocycles. The third-order valence-corrected chi connectivity index (χ3v) is 4.58. The van der Waals surface area contributed by atoms with Crippen molar-refractivity contribution < 1.29 is 9.90 Å². The third kappa shape index (κ3) is 3.07. The quantitative estimate of drug-likeness (QED) is 0.432. The highest BCUT2D eigenvalue weighted by molar-refractivity contribution is 7.17. The SMILES string of the molecule is CC(=O)c1sc(N/N=C\c2c(O)ccc3ccccc23)nc1C. The Kier molecular flexibility index (Phi) is 4.08. The van der Waals surface area contributed by atoms with Crippen molar-refractivity contribution in [2.75, 3.05) is 5.43 Å². The first-order valence-corrected chi connectivity index (χ1v) is 7.86. The molecule has 0 atom stereocenters. The monoisotopic (exact) mass is 325 g/mol. The van der Waals surface area contributed by atoms with Gasteiger partial charge in [-0.1, -0.05) is 41.7 Å². The highest BCUT2D eigenvalue weighted by atomic mass is 32.1. The molecule has 0 unspecified atom stereocenters. The molecule has 0 amide bonds. The Morgan fingerprint density at radius 3 is 2.83 bits per heavy atom. The van der Waals surface area contributed by atoms with E-state index in [1.165, 1.54) is 18.3 Å². The van der Waals surface area contributed by atoms with E-state index in [0.717, 1.165) is 10.8 Å². The number of ketones is 1.